The number of aliphatic carboxylic acids is 1. The molecular formula is C9H18N2O4. The lowest BCUT2D eigenvalue weighted by Gasteiger charge is -2.26. The van der Waals surface area contributed by atoms with Crippen LogP contribution in [0.3, 0.4) is 0 Å². The molecule has 0 aliphatic heterocycles. The molecule has 0 fully saturated rings. The average Bonchev–Trinajstić information content (AvgIpc) is 2.10. The van der Waals surface area contributed by atoms with Crippen molar-refractivity contribution in [2.24, 2.45) is 11.1 Å². The number of carboxylic acids is 1. The molecule has 0 aromatic carbocycles. The second kappa shape index (κ2) is 5.09. The van der Waals surface area contributed by atoms with E-state index in [-0.39, 0.29) is 6.54 Å². The van der Waals surface area contributed by atoms with E-state index < -0.39 is 29.4 Å². The molecule has 0 saturated carbocycles. The summed E-state index contributed by atoms with van der Waals surface area (Å²) in [5, 5.41) is 19.5. The Kier molecular flexibility index (Phi) is 4.70. The Balaban J connectivity index is 4.11. The van der Waals surface area contributed by atoms with Crippen LogP contribution >= 0.6 is 0 Å². The number of carbonyl (C=O) groups is 2. The van der Waals surface area contributed by atoms with E-state index in [1.807, 2.05) is 0 Å². The Morgan fingerprint density at radius 2 is 1.87 bits per heavy atom. The molecule has 0 aromatic rings. The van der Waals surface area contributed by atoms with Gasteiger partial charge in [-0.2, -0.15) is 0 Å². The zero-order chi connectivity index (χ0) is 12.2. The highest BCUT2D eigenvalue weighted by atomic mass is 16.4. The number of carboxylic acid groups (broad SMARTS) is 1. The highest BCUT2D eigenvalue weighted by Crippen LogP contribution is 2.16. The van der Waals surface area contributed by atoms with Crippen LogP contribution in [-0.2, 0) is 9.59 Å². The molecule has 88 valence electrons. The minimum Gasteiger partial charge on any atom is -0.479 e. The monoisotopic (exact) mass is 218 g/mol. The zero-order valence-electron chi connectivity index (χ0n) is 9.15. The van der Waals surface area contributed by atoms with Gasteiger partial charge in [0.1, 0.15) is 0 Å². The molecule has 0 aliphatic rings. The van der Waals surface area contributed by atoms with Crippen LogP contribution in [0.5, 0.6) is 0 Å². The molecule has 0 aliphatic carbocycles. The molecule has 1 unspecified atom stereocenters. The van der Waals surface area contributed by atoms with Crippen molar-refractivity contribution in [2.45, 2.75) is 32.9 Å². The fourth-order valence-electron chi connectivity index (χ4n) is 0.788. The minimum atomic E-state index is -1.60. The molecule has 0 bridgehead atoms. The van der Waals surface area contributed by atoms with E-state index in [1.165, 1.54) is 0 Å². The molecule has 2 atom stereocenters. The van der Waals surface area contributed by atoms with Crippen LogP contribution in [0.2, 0.25) is 0 Å². The van der Waals surface area contributed by atoms with Crippen LogP contribution in [0.4, 0.5) is 0 Å². The zero-order valence-corrected chi connectivity index (χ0v) is 9.15. The number of hydrogen-bond acceptors (Lipinski definition) is 4. The molecule has 0 radical (unpaired) electrons. The van der Waals surface area contributed by atoms with Gasteiger partial charge in [0, 0.05) is 0 Å². The molecule has 0 rings (SSSR count). The van der Waals surface area contributed by atoms with E-state index in [2.05, 4.69) is 5.32 Å². The molecule has 0 heterocycles. The molecule has 6 nitrogen and oxygen atoms in total. The fourth-order valence-corrected chi connectivity index (χ4v) is 0.788. The lowest BCUT2D eigenvalue weighted by atomic mass is 9.87. The van der Waals surface area contributed by atoms with Crippen LogP contribution < -0.4 is 11.1 Å². The maximum absolute atomic E-state index is 11.4. The Morgan fingerprint density at radius 3 is 2.20 bits per heavy atom. The quantitative estimate of drug-likeness (QED) is 0.479. The van der Waals surface area contributed by atoms with Gasteiger partial charge < -0.3 is 21.3 Å². The van der Waals surface area contributed by atoms with E-state index in [9.17, 15) is 9.59 Å². The molecule has 0 spiro atoms. The van der Waals surface area contributed by atoms with Gasteiger partial charge in [0.2, 0.25) is 5.91 Å². The Morgan fingerprint density at radius 1 is 1.40 bits per heavy atom. The third kappa shape index (κ3) is 4.75. The van der Waals surface area contributed by atoms with E-state index in [1.54, 1.807) is 20.8 Å². The smallest absolute Gasteiger partial charge is 0.334 e. The largest absolute Gasteiger partial charge is 0.479 e. The average molecular weight is 218 g/mol. The highest BCUT2D eigenvalue weighted by Gasteiger charge is 2.28. The topological polar surface area (TPSA) is 113 Å². The van der Waals surface area contributed by atoms with Gasteiger partial charge in [0.05, 0.1) is 12.6 Å². The van der Waals surface area contributed by atoms with Gasteiger partial charge in [-0.25, -0.2) is 4.79 Å². The summed E-state index contributed by atoms with van der Waals surface area (Å²) in [5.74, 6) is -1.84. The molecule has 0 aromatic heterocycles. The number of aliphatic hydroxyl groups is 1. The summed E-state index contributed by atoms with van der Waals surface area (Å²) in [7, 11) is 0. The van der Waals surface area contributed by atoms with Crippen LogP contribution in [-0.4, -0.2) is 40.8 Å². The van der Waals surface area contributed by atoms with E-state index >= 15 is 0 Å². The summed E-state index contributed by atoms with van der Waals surface area (Å²) in [5.41, 5.74) is 5.21. The molecular weight excluding hydrogens is 200 g/mol. The first-order valence-corrected chi connectivity index (χ1v) is 4.60. The maximum atomic E-state index is 11.4. The van der Waals surface area contributed by atoms with Gasteiger partial charge in [-0.05, 0) is 5.41 Å². The normalized spacial score (nSPS) is 15.5. The summed E-state index contributed by atoms with van der Waals surface area (Å²) < 4.78 is 0. The minimum absolute atomic E-state index is 0.335. The van der Waals surface area contributed by atoms with Crippen molar-refractivity contribution in [3.05, 3.63) is 0 Å². The van der Waals surface area contributed by atoms with Gasteiger partial charge in [0.25, 0.3) is 0 Å². The number of rotatable bonds is 4. The molecule has 0 saturated heterocycles. The van der Waals surface area contributed by atoms with Gasteiger partial charge in [-0.1, -0.05) is 20.8 Å². The number of amides is 1. The third-order valence-electron chi connectivity index (χ3n) is 1.97. The first kappa shape index (κ1) is 13.9. The second-order valence-corrected chi connectivity index (χ2v) is 4.44. The molecule has 5 N–H and O–H groups in total. The standard InChI is InChI=1S/C9H18N2O4/c1-9(2,3)6(10)7(13)11-4-5(12)8(14)15/h5-6,12H,4,10H2,1-3H3,(H,11,13)(H,14,15)/t5?,6-/m0/s1. The second-order valence-electron chi connectivity index (χ2n) is 4.44. The summed E-state index contributed by atoms with van der Waals surface area (Å²) in [4.78, 5) is 21.6. The predicted octanol–water partition coefficient (Wildman–Crippen LogP) is -1.08. The van der Waals surface area contributed by atoms with Crippen molar-refractivity contribution >= 4 is 11.9 Å². The molecule has 15 heavy (non-hydrogen) atoms. The van der Waals surface area contributed by atoms with Crippen LogP contribution in [0.25, 0.3) is 0 Å². The SMILES string of the molecule is CC(C)(C)[C@@H](N)C(=O)NCC(O)C(=O)O. The summed E-state index contributed by atoms with van der Waals surface area (Å²) in [6, 6.07) is -0.738. The highest BCUT2D eigenvalue weighted by molar-refractivity contribution is 5.83. The number of hydrogen-bond donors (Lipinski definition) is 4. The Hall–Kier alpha value is -1.14. The molecule has 1 amide bonds. The number of carbonyl (C=O) groups excluding carboxylic acids is 1. The summed E-state index contributed by atoms with van der Waals surface area (Å²) in [6.07, 6.45) is -1.60. The van der Waals surface area contributed by atoms with Crippen LogP contribution in [0.15, 0.2) is 0 Å². The van der Waals surface area contributed by atoms with Gasteiger partial charge in [0.15, 0.2) is 6.10 Å². The maximum Gasteiger partial charge on any atom is 0.334 e. The van der Waals surface area contributed by atoms with Gasteiger partial charge in [-0.15, -0.1) is 0 Å². The number of nitrogens with one attached hydrogen (secondary N) is 1. The lowest BCUT2D eigenvalue weighted by molar-refractivity contribution is -0.146. The first-order chi connectivity index (χ1) is 6.66. The van der Waals surface area contributed by atoms with Crippen molar-refractivity contribution < 1.29 is 19.8 Å². The summed E-state index contributed by atoms with van der Waals surface area (Å²) >= 11 is 0. The van der Waals surface area contributed by atoms with Crippen molar-refractivity contribution in [1.29, 1.82) is 0 Å². The molecule has 6 heteroatoms. The van der Waals surface area contributed by atoms with Crippen molar-refractivity contribution in [3.8, 4) is 0 Å². The van der Waals surface area contributed by atoms with Crippen LogP contribution in [0.1, 0.15) is 20.8 Å². The van der Waals surface area contributed by atoms with Crippen molar-refractivity contribution in [3.63, 3.8) is 0 Å². The Labute approximate surface area is 88.5 Å². The van der Waals surface area contributed by atoms with E-state index in [4.69, 9.17) is 15.9 Å². The third-order valence-corrected chi connectivity index (χ3v) is 1.97. The van der Waals surface area contributed by atoms with Crippen molar-refractivity contribution in [2.75, 3.05) is 6.54 Å². The predicted molar refractivity (Wildman–Crippen MR) is 54.1 cm³/mol. The lowest BCUT2D eigenvalue weighted by Crippen LogP contribution is -2.50. The van der Waals surface area contributed by atoms with E-state index in [0.29, 0.717) is 0 Å². The summed E-state index contributed by atoms with van der Waals surface area (Å²) in [6.45, 7) is 5.05. The van der Waals surface area contributed by atoms with Gasteiger partial charge >= 0.3 is 5.97 Å². The Bertz CT molecular complexity index is 247. The number of nitrogens with two attached hydrogens (primary N) is 1. The first-order valence-electron chi connectivity index (χ1n) is 4.60. The van der Waals surface area contributed by atoms with Crippen molar-refractivity contribution in [1.82, 2.24) is 5.32 Å². The van der Waals surface area contributed by atoms with Crippen LogP contribution in [0, 0.1) is 5.41 Å². The van der Waals surface area contributed by atoms with Gasteiger partial charge in [-0.3, -0.25) is 4.79 Å². The number of aliphatic hydroxyl groups excluding tert-OH is 1. The fraction of sp³-hybridized carbons (Fsp3) is 0.778. The van der Waals surface area contributed by atoms with E-state index in [0.717, 1.165) is 0 Å².